The first-order valence-electron chi connectivity index (χ1n) is 7.95. The number of halogens is 1. The first-order valence-corrected chi connectivity index (χ1v) is 8.74. The van der Waals surface area contributed by atoms with Crippen LogP contribution in [0.5, 0.6) is 5.75 Å². The van der Waals surface area contributed by atoms with Crippen LogP contribution < -0.4 is 15.8 Å². The van der Waals surface area contributed by atoms with Crippen LogP contribution in [0.15, 0.2) is 46.9 Å². The molecule has 25 heavy (non-hydrogen) atoms. The van der Waals surface area contributed by atoms with Gasteiger partial charge in [-0.2, -0.15) is 0 Å². The Bertz CT molecular complexity index is 810. The molecule has 0 fully saturated rings. The number of nitrogens with zero attached hydrogens (tertiary/aromatic N) is 1. The van der Waals surface area contributed by atoms with Crippen molar-refractivity contribution in [2.75, 3.05) is 18.0 Å². The van der Waals surface area contributed by atoms with Crippen LogP contribution >= 0.6 is 15.9 Å². The number of hydrogen-bond acceptors (Lipinski definition) is 4. The minimum atomic E-state index is -0.578. The second-order valence-corrected chi connectivity index (χ2v) is 6.73. The van der Waals surface area contributed by atoms with Gasteiger partial charge in [-0.3, -0.25) is 20.4 Å². The lowest BCUT2D eigenvalue weighted by atomic mass is 10.0. The van der Waals surface area contributed by atoms with Crippen LogP contribution in [-0.2, 0) is 11.2 Å². The highest BCUT2D eigenvalue weighted by Crippen LogP contribution is 2.26. The molecule has 0 aromatic heterocycles. The number of hydrogen-bond donors (Lipinski definition) is 3. The molecule has 130 valence electrons. The molecule has 1 aliphatic heterocycles. The molecule has 0 saturated carbocycles. The van der Waals surface area contributed by atoms with Crippen LogP contribution in [0.4, 0.5) is 5.69 Å². The van der Waals surface area contributed by atoms with Gasteiger partial charge in [-0.25, -0.2) is 0 Å². The zero-order valence-electron chi connectivity index (χ0n) is 13.5. The molecule has 2 aromatic rings. The van der Waals surface area contributed by atoms with Gasteiger partial charge in [-0.15, -0.1) is 0 Å². The van der Waals surface area contributed by atoms with E-state index in [2.05, 4.69) is 32.8 Å². The molecule has 0 unspecified atom stereocenters. The molecule has 6 nitrogen and oxygen atoms in total. The number of carbonyl (C=O) groups is 2. The molecular formula is C18H18BrN3O3. The molecule has 0 aliphatic carbocycles. The number of amides is 2. The van der Waals surface area contributed by atoms with E-state index < -0.39 is 5.91 Å². The fraction of sp³-hybridized carbons (Fsp3) is 0.222. The van der Waals surface area contributed by atoms with Gasteiger partial charge in [0.25, 0.3) is 11.8 Å². The third kappa shape index (κ3) is 4.11. The highest BCUT2D eigenvalue weighted by molar-refractivity contribution is 9.10. The maximum Gasteiger partial charge on any atom is 0.273 e. The number of phenols is 1. The van der Waals surface area contributed by atoms with Gasteiger partial charge in [0.15, 0.2) is 0 Å². The molecule has 0 radical (unpaired) electrons. The number of aromatic hydroxyl groups is 1. The highest BCUT2D eigenvalue weighted by atomic mass is 79.9. The number of benzene rings is 2. The number of aryl methyl sites for hydroxylation is 1. The van der Waals surface area contributed by atoms with Gasteiger partial charge in [0, 0.05) is 16.7 Å². The number of rotatable bonds is 3. The average Bonchev–Trinajstić information content (AvgIpc) is 2.62. The third-order valence-corrected chi connectivity index (χ3v) is 4.55. The van der Waals surface area contributed by atoms with Gasteiger partial charge in [0.2, 0.25) is 0 Å². The summed E-state index contributed by atoms with van der Waals surface area (Å²) in [5, 5.41) is 9.74. The summed E-state index contributed by atoms with van der Waals surface area (Å²) in [5.41, 5.74) is 7.10. The van der Waals surface area contributed by atoms with Crippen LogP contribution in [0.1, 0.15) is 22.3 Å². The normalized spacial score (nSPS) is 13.1. The topological polar surface area (TPSA) is 81.7 Å². The maximum atomic E-state index is 12.2. The number of phenolic OH excluding ortho intramolecular Hbond substituents is 1. The molecule has 0 bridgehead atoms. The van der Waals surface area contributed by atoms with Crippen molar-refractivity contribution in [3.63, 3.8) is 0 Å². The van der Waals surface area contributed by atoms with Crippen LogP contribution in [0.25, 0.3) is 0 Å². The quantitative estimate of drug-likeness (QED) is 0.687. The van der Waals surface area contributed by atoms with Gasteiger partial charge < -0.3 is 10.0 Å². The van der Waals surface area contributed by atoms with E-state index in [-0.39, 0.29) is 23.8 Å². The molecule has 2 amide bonds. The third-order valence-electron chi connectivity index (χ3n) is 4.06. The van der Waals surface area contributed by atoms with Crippen molar-refractivity contribution in [3.05, 3.63) is 58.1 Å². The summed E-state index contributed by atoms with van der Waals surface area (Å²) in [6.07, 6.45) is 2.00. The summed E-state index contributed by atoms with van der Waals surface area (Å²) in [4.78, 5) is 26.3. The Morgan fingerprint density at radius 1 is 1.16 bits per heavy atom. The lowest BCUT2D eigenvalue weighted by Crippen LogP contribution is -2.47. The molecule has 0 spiro atoms. The number of fused-ring (bicyclic) bond motifs is 1. The number of para-hydroxylation sites is 1. The SMILES string of the molecule is O=C(CN1CCCc2ccccc21)NNC(=O)c1cc(Br)ccc1O. The van der Waals surface area contributed by atoms with Crippen LogP contribution in [0.2, 0.25) is 0 Å². The van der Waals surface area contributed by atoms with Crippen molar-refractivity contribution in [1.29, 1.82) is 0 Å². The number of nitrogens with one attached hydrogen (secondary N) is 2. The van der Waals surface area contributed by atoms with Gasteiger partial charge in [-0.05, 0) is 42.7 Å². The Morgan fingerprint density at radius 3 is 2.80 bits per heavy atom. The largest absolute Gasteiger partial charge is 0.507 e. The van der Waals surface area contributed by atoms with Crippen LogP contribution in [0.3, 0.4) is 0 Å². The van der Waals surface area contributed by atoms with Gasteiger partial charge in [-0.1, -0.05) is 34.1 Å². The second kappa shape index (κ2) is 7.57. The van der Waals surface area contributed by atoms with Crippen LogP contribution in [0, 0.1) is 0 Å². The first-order chi connectivity index (χ1) is 12.0. The van der Waals surface area contributed by atoms with Gasteiger partial charge in [0.1, 0.15) is 5.75 Å². The monoisotopic (exact) mass is 403 g/mol. The smallest absolute Gasteiger partial charge is 0.273 e. The molecular weight excluding hydrogens is 386 g/mol. The van der Waals surface area contributed by atoms with Gasteiger partial charge >= 0.3 is 0 Å². The summed E-state index contributed by atoms with van der Waals surface area (Å²) >= 11 is 3.24. The minimum Gasteiger partial charge on any atom is -0.507 e. The summed E-state index contributed by atoms with van der Waals surface area (Å²) in [7, 11) is 0. The van der Waals surface area contributed by atoms with E-state index in [1.807, 2.05) is 23.1 Å². The predicted octanol–water partition coefficient (Wildman–Crippen LogP) is 2.37. The molecule has 1 heterocycles. The predicted molar refractivity (Wildman–Crippen MR) is 98.4 cm³/mol. The molecule has 0 atom stereocenters. The van der Waals surface area contributed by atoms with E-state index in [1.54, 1.807) is 6.07 Å². The van der Waals surface area contributed by atoms with Crippen molar-refractivity contribution in [3.8, 4) is 5.75 Å². The van der Waals surface area contributed by atoms with Crippen molar-refractivity contribution in [1.82, 2.24) is 10.9 Å². The van der Waals surface area contributed by atoms with E-state index in [1.165, 1.54) is 17.7 Å². The molecule has 0 saturated heterocycles. The van der Waals surface area contributed by atoms with E-state index in [9.17, 15) is 14.7 Å². The van der Waals surface area contributed by atoms with E-state index in [0.717, 1.165) is 25.1 Å². The fourth-order valence-corrected chi connectivity index (χ4v) is 3.23. The summed E-state index contributed by atoms with van der Waals surface area (Å²) in [6.45, 7) is 0.951. The Labute approximate surface area is 153 Å². The van der Waals surface area contributed by atoms with E-state index in [0.29, 0.717) is 4.47 Å². The van der Waals surface area contributed by atoms with E-state index in [4.69, 9.17) is 0 Å². The lowest BCUT2D eigenvalue weighted by molar-refractivity contribution is -0.120. The lowest BCUT2D eigenvalue weighted by Gasteiger charge is -2.30. The molecule has 7 heteroatoms. The Hall–Kier alpha value is -2.54. The Morgan fingerprint density at radius 2 is 1.96 bits per heavy atom. The molecule has 2 aromatic carbocycles. The summed E-state index contributed by atoms with van der Waals surface area (Å²) < 4.78 is 0.659. The molecule has 3 N–H and O–H groups in total. The Kier molecular flexibility index (Phi) is 5.23. The number of carbonyl (C=O) groups excluding carboxylic acids is 2. The van der Waals surface area contributed by atoms with Gasteiger partial charge in [0.05, 0.1) is 12.1 Å². The van der Waals surface area contributed by atoms with E-state index >= 15 is 0 Å². The Balaban J connectivity index is 1.59. The summed E-state index contributed by atoms with van der Waals surface area (Å²) in [5.74, 6) is -1.05. The van der Waals surface area contributed by atoms with Crippen molar-refractivity contribution < 1.29 is 14.7 Å². The fourth-order valence-electron chi connectivity index (χ4n) is 2.87. The zero-order valence-corrected chi connectivity index (χ0v) is 15.0. The average molecular weight is 404 g/mol. The summed E-state index contributed by atoms with van der Waals surface area (Å²) in [6, 6.07) is 12.5. The van der Waals surface area contributed by atoms with Crippen molar-refractivity contribution in [2.45, 2.75) is 12.8 Å². The number of anilines is 1. The molecule has 3 rings (SSSR count). The maximum absolute atomic E-state index is 12.2. The first kappa shape index (κ1) is 17.3. The number of hydrazine groups is 1. The minimum absolute atomic E-state index is 0.0815. The zero-order chi connectivity index (χ0) is 17.8. The standard InChI is InChI=1S/C18H18BrN3O3/c19-13-7-8-16(23)14(10-13)18(25)21-20-17(24)11-22-9-3-5-12-4-1-2-6-15(12)22/h1-2,4,6-8,10,23H,3,5,9,11H2,(H,20,24)(H,21,25). The van der Waals surface area contributed by atoms with Crippen molar-refractivity contribution in [2.24, 2.45) is 0 Å². The molecule has 1 aliphatic rings. The van der Waals surface area contributed by atoms with Crippen LogP contribution in [-0.4, -0.2) is 30.0 Å². The highest BCUT2D eigenvalue weighted by Gasteiger charge is 2.19. The second-order valence-electron chi connectivity index (χ2n) is 5.82. The van der Waals surface area contributed by atoms with Crippen molar-refractivity contribution >= 4 is 33.4 Å².